The first-order valence-corrected chi connectivity index (χ1v) is 10.9. The summed E-state index contributed by atoms with van der Waals surface area (Å²) in [6.45, 7) is 1.30. The standard InChI is InChI=1S/C23H21NO7S/c1-2-30-23(29)19-14-8-5-9-17(14)32-21(19)24-18(26)11-31-22(28)15-10-16(25)12-6-3-4-7-13(12)20(15)27/h3-4,6-7,10,25,27H,2,5,8-9,11H2,1H3,(H,24,26). The number of anilines is 1. The number of amides is 1. The van der Waals surface area contributed by atoms with Gasteiger partial charge in [0.1, 0.15) is 22.1 Å². The first-order valence-electron chi connectivity index (χ1n) is 10.1. The second-order valence-electron chi connectivity index (χ2n) is 7.24. The third kappa shape index (κ3) is 3.99. The number of carbonyl (C=O) groups is 3. The van der Waals surface area contributed by atoms with Crippen LogP contribution < -0.4 is 5.32 Å². The maximum Gasteiger partial charge on any atom is 0.342 e. The van der Waals surface area contributed by atoms with Crippen LogP contribution in [-0.2, 0) is 27.1 Å². The highest BCUT2D eigenvalue weighted by Crippen LogP contribution is 2.39. The Hall–Kier alpha value is -3.59. The van der Waals surface area contributed by atoms with E-state index in [1.165, 1.54) is 11.3 Å². The highest BCUT2D eigenvalue weighted by Gasteiger charge is 2.28. The van der Waals surface area contributed by atoms with Gasteiger partial charge in [0.05, 0.1) is 12.2 Å². The Balaban J connectivity index is 1.47. The van der Waals surface area contributed by atoms with Crippen molar-refractivity contribution in [2.75, 3.05) is 18.5 Å². The van der Waals surface area contributed by atoms with Crippen molar-refractivity contribution in [1.29, 1.82) is 0 Å². The van der Waals surface area contributed by atoms with Crippen molar-refractivity contribution in [1.82, 2.24) is 0 Å². The fraction of sp³-hybridized carbons (Fsp3) is 0.261. The summed E-state index contributed by atoms with van der Waals surface area (Å²) in [6.07, 6.45) is 2.53. The number of phenolic OH excluding ortho intramolecular Hbond substituents is 2. The van der Waals surface area contributed by atoms with E-state index >= 15 is 0 Å². The number of benzene rings is 2. The van der Waals surface area contributed by atoms with Crippen LogP contribution in [0.1, 0.15) is 44.5 Å². The third-order valence-corrected chi connectivity index (χ3v) is 6.41. The highest BCUT2D eigenvalue weighted by atomic mass is 32.1. The molecule has 0 unspecified atom stereocenters. The number of phenols is 2. The van der Waals surface area contributed by atoms with Crippen LogP contribution in [0.5, 0.6) is 11.5 Å². The number of hydrogen-bond donors (Lipinski definition) is 3. The van der Waals surface area contributed by atoms with Crippen molar-refractivity contribution in [3.8, 4) is 11.5 Å². The molecule has 1 amide bonds. The van der Waals surface area contributed by atoms with Gasteiger partial charge >= 0.3 is 11.9 Å². The van der Waals surface area contributed by atoms with Crippen molar-refractivity contribution in [3.63, 3.8) is 0 Å². The molecule has 166 valence electrons. The Labute approximate surface area is 187 Å². The fourth-order valence-corrected chi connectivity index (χ4v) is 5.07. The number of fused-ring (bicyclic) bond motifs is 2. The second-order valence-corrected chi connectivity index (χ2v) is 8.35. The van der Waals surface area contributed by atoms with Crippen LogP contribution >= 0.6 is 11.3 Å². The lowest BCUT2D eigenvalue weighted by Crippen LogP contribution is -2.22. The van der Waals surface area contributed by atoms with Crippen LogP contribution in [0.3, 0.4) is 0 Å². The molecular weight excluding hydrogens is 434 g/mol. The van der Waals surface area contributed by atoms with E-state index in [2.05, 4.69) is 5.32 Å². The summed E-state index contributed by atoms with van der Waals surface area (Å²) in [6, 6.07) is 7.60. The van der Waals surface area contributed by atoms with E-state index in [9.17, 15) is 24.6 Å². The molecule has 0 fully saturated rings. The zero-order valence-electron chi connectivity index (χ0n) is 17.3. The number of hydrogen-bond acceptors (Lipinski definition) is 8. The molecule has 1 heterocycles. The molecular formula is C23H21NO7S. The minimum Gasteiger partial charge on any atom is -0.507 e. The first-order chi connectivity index (χ1) is 15.4. The van der Waals surface area contributed by atoms with Gasteiger partial charge in [0.15, 0.2) is 6.61 Å². The molecule has 0 aliphatic heterocycles. The van der Waals surface area contributed by atoms with Crippen LogP contribution in [-0.4, -0.2) is 41.3 Å². The van der Waals surface area contributed by atoms with Crippen molar-refractivity contribution < 1.29 is 34.1 Å². The van der Waals surface area contributed by atoms with E-state index in [1.807, 2.05) is 0 Å². The van der Waals surface area contributed by atoms with Crippen LogP contribution in [0.15, 0.2) is 30.3 Å². The summed E-state index contributed by atoms with van der Waals surface area (Å²) in [5, 5.41) is 24.2. The number of aryl methyl sites for hydroxylation is 1. The number of aromatic hydroxyl groups is 2. The van der Waals surface area contributed by atoms with Gasteiger partial charge in [-0.15, -0.1) is 11.3 Å². The van der Waals surface area contributed by atoms with E-state index in [-0.39, 0.29) is 29.1 Å². The molecule has 0 bridgehead atoms. The minimum atomic E-state index is -0.960. The minimum absolute atomic E-state index is 0.193. The lowest BCUT2D eigenvalue weighted by molar-refractivity contribution is -0.119. The van der Waals surface area contributed by atoms with Gasteiger partial charge in [-0.05, 0) is 37.8 Å². The molecule has 4 rings (SSSR count). The largest absolute Gasteiger partial charge is 0.507 e. The Morgan fingerprint density at radius 2 is 1.81 bits per heavy atom. The summed E-state index contributed by atoms with van der Waals surface area (Å²) in [4.78, 5) is 38.3. The van der Waals surface area contributed by atoms with Crippen LogP contribution in [0.4, 0.5) is 5.00 Å². The van der Waals surface area contributed by atoms with E-state index in [0.717, 1.165) is 35.8 Å². The number of esters is 2. The number of ether oxygens (including phenoxy) is 2. The van der Waals surface area contributed by atoms with Gasteiger partial charge in [-0.3, -0.25) is 4.79 Å². The maximum atomic E-state index is 12.4. The highest BCUT2D eigenvalue weighted by molar-refractivity contribution is 7.17. The fourth-order valence-electron chi connectivity index (χ4n) is 3.78. The van der Waals surface area contributed by atoms with Crippen molar-refractivity contribution in [3.05, 3.63) is 51.9 Å². The molecule has 3 N–H and O–H groups in total. The van der Waals surface area contributed by atoms with Crippen molar-refractivity contribution >= 4 is 45.0 Å². The normalized spacial score (nSPS) is 12.4. The average Bonchev–Trinajstić information content (AvgIpc) is 3.35. The monoisotopic (exact) mass is 455 g/mol. The van der Waals surface area contributed by atoms with E-state index in [0.29, 0.717) is 16.0 Å². The van der Waals surface area contributed by atoms with Gasteiger partial charge in [0.2, 0.25) is 0 Å². The summed E-state index contributed by atoms with van der Waals surface area (Å²) in [5.74, 6) is -2.62. The summed E-state index contributed by atoms with van der Waals surface area (Å²) >= 11 is 1.32. The van der Waals surface area contributed by atoms with Crippen molar-refractivity contribution in [2.24, 2.45) is 0 Å². The smallest absolute Gasteiger partial charge is 0.342 e. The predicted octanol–water partition coefficient (Wildman–Crippen LogP) is 3.77. The Kier molecular flexibility index (Phi) is 6.00. The molecule has 3 aromatic rings. The van der Waals surface area contributed by atoms with Gasteiger partial charge in [-0.2, -0.15) is 0 Å². The molecule has 8 nitrogen and oxygen atoms in total. The number of nitrogens with one attached hydrogen (secondary N) is 1. The van der Waals surface area contributed by atoms with Crippen LogP contribution in [0, 0.1) is 0 Å². The predicted molar refractivity (Wildman–Crippen MR) is 118 cm³/mol. The van der Waals surface area contributed by atoms with Gasteiger partial charge in [0.25, 0.3) is 5.91 Å². The molecule has 0 atom stereocenters. The van der Waals surface area contributed by atoms with Crippen LogP contribution in [0.25, 0.3) is 10.8 Å². The average molecular weight is 455 g/mol. The summed E-state index contributed by atoms with van der Waals surface area (Å²) in [7, 11) is 0. The first kappa shape index (κ1) is 21.6. The molecule has 0 saturated heterocycles. The number of rotatable bonds is 6. The Morgan fingerprint density at radius 3 is 2.56 bits per heavy atom. The van der Waals surface area contributed by atoms with E-state index in [1.54, 1.807) is 31.2 Å². The third-order valence-electron chi connectivity index (χ3n) is 5.20. The molecule has 0 saturated carbocycles. The van der Waals surface area contributed by atoms with Gasteiger partial charge in [-0.25, -0.2) is 9.59 Å². The SMILES string of the molecule is CCOC(=O)c1c(NC(=O)COC(=O)c2cc(O)c3ccccc3c2O)sc2c1CCC2. The topological polar surface area (TPSA) is 122 Å². The molecule has 0 radical (unpaired) electrons. The molecule has 2 aromatic carbocycles. The maximum absolute atomic E-state index is 12.4. The summed E-state index contributed by atoms with van der Waals surface area (Å²) in [5.41, 5.74) is 1.01. The van der Waals surface area contributed by atoms with Gasteiger partial charge in [-0.1, -0.05) is 24.3 Å². The number of carbonyl (C=O) groups excluding carboxylic acids is 3. The molecule has 1 aliphatic carbocycles. The quantitative estimate of drug-likeness (QED) is 0.382. The molecule has 0 spiro atoms. The molecule has 9 heteroatoms. The van der Waals surface area contributed by atoms with Crippen molar-refractivity contribution in [2.45, 2.75) is 26.2 Å². The molecule has 32 heavy (non-hydrogen) atoms. The summed E-state index contributed by atoms with van der Waals surface area (Å²) < 4.78 is 10.2. The zero-order valence-corrected chi connectivity index (χ0v) is 18.1. The zero-order chi connectivity index (χ0) is 22.8. The second kappa shape index (κ2) is 8.88. The lowest BCUT2D eigenvalue weighted by Gasteiger charge is -2.11. The molecule has 1 aliphatic rings. The number of thiophene rings is 1. The molecule has 1 aromatic heterocycles. The Bertz CT molecular complexity index is 1230. The van der Waals surface area contributed by atoms with Gasteiger partial charge < -0.3 is 25.0 Å². The van der Waals surface area contributed by atoms with Crippen LogP contribution in [0.2, 0.25) is 0 Å². The Morgan fingerprint density at radius 1 is 1.06 bits per heavy atom. The van der Waals surface area contributed by atoms with E-state index in [4.69, 9.17) is 9.47 Å². The van der Waals surface area contributed by atoms with E-state index < -0.39 is 24.5 Å². The lowest BCUT2D eigenvalue weighted by atomic mass is 10.0. The van der Waals surface area contributed by atoms with Gasteiger partial charge in [0, 0.05) is 15.6 Å².